The van der Waals surface area contributed by atoms with Crippen molar-refractivity contribution in [1.29, 1.82) is 0 Å². The molecule has 3 atom stereocenters. The molecule has 9 heteroatoms. The number of imide groups is 1. The highest BCUT2D eigenvalue weighted by Crippen LogP contribution is 2.42. The zero-order valence-corrected chi connectivity index (χ0v) is 21.1. The van der Waals surface area contributed by atoms with Gasteiger partial charge in [-0.15, -0.1) is 0 Å². The largest absolute Gasteiger partial charge is 0.452 e. The highest BCUT2D eigenvalue weighted by atomic mass is 79.9. The van der Waals surface area contributed by atoms with Gasteiger partial charge in [0, 0.05) is 10.2 Å². The molecule has 34 heavy (non-hydrogen) atoms. The molecular formula is C25H24BrClN2O5. The normalized spacial score (nSPS) is 21.9. The van der Waals surface area contributed by atoms with Crippen LogP contribution < -0.4 is 10.2 Å². The van der Waals surface area contributed by atoms with E-state index in [1.165, 1.54) is 17.0 Å². The van der Waals surface area contributed by atoms with Crippen molar-refractivity contribution in [3.05, 3.63) is 57.0 Å². The highest BCUT2D eigenvalue weighted by molar-refractivity contribution is 9.10. The second-order valence-electron chi connectivity index (χ2n) is 8.90. The van der Waals surface area contributed by atoms with Gasteiger partial charge in [-0.1, -0.05) is 24.6 Å². The van der Waals surface area contributed by atoms with E-state index in [1.54, 1.807) is 24.3 Å². The lowest BCUT2D eigenvalue weighted by atomic mass is 9.76. The number of hydrogen-bond acceptors (Lipinski definition) is 5. The summed E-state index contributed by atoms with van der Waals surface area (Å²) >= 11 is 9.40. The minimum absolute atomic E-state index is 0.150. The third-order valence-electron chi connectivity index (χ3n) is 6.40. The van der Waals surface area contributed by atoms with Gasteiger partial charge in [-0.05, 0) is 83.9 Å². The van der Waals surface area contributed by atoms with Gasteiger partial charge in [0.05, 0.1) is 28.1 Å². The zero-order valence-electron chi connectivity index (χ0n) is 18.8. The summed E-state index contributed by atoms with van der Waals surface area (Å²) in [6, 6.07) is 9.56. The Morgan fingerprint density at radius 3 is 2.65 bits per heavy atom. The third kappa shape index (κ3) is 4.88. The Balaban J connectivity index is 1.41. The summed E-state index contributed by atoms with van der Waals surface area (Å²) in [5, 5.41) is 3.11. The Labute approximate surface area is 210 Å². The van der Waals surface area contributed by atoms with Crippen LogP contribution >= 0.6 is 27.5 Å². The van der Waals surface area contributed by atoms with Crippen LogP contribution in [0.2, 0.25) is 5.02 Å². The molecule has 3 amide bonds. The second kappa shape index (κ2) is 9.88. The Bertz CT molecular complexity index is 1180. The van der Waals surface area contributed by atoms with Crippen LogP contribution in [0.3, 0.4) is 0 Å². The van der Waals surface area contributed by atoms with Crippen molar-refractivity contribution in [2.75, 3.05) is 16.8 Å². The average Bonchev–Trinajstić information content (AvgIpc) is 3.05. The van der Waals surface area contributed by atoms with E-state index in [0.717, 1.165) is 12.0 Å². The number of benzene rings is 2. The quantitative estimate of drug-likeness (QED) is 0.414. The van der Waals surface area contributed by atoms with E-state index in [4.69, 9.17) is 16.3 Å². The van der Waals surface area contributed by atoms with E-state index in [1.807, 2.05) is 6.92 Å². The molecular weight excluding hydrogens is 524 g/mol. The Morgan fingerprint density at radius 1 is 1.15 bits per heavy atom. The second-order valence-corrected chi connectivity index (χ2v) is 10.2. The topological polar surface area (TPSA) is 92.8 Å². The predicted molar refractivity (Wildman–Crippen MR) is 132 cm³/mol. The molecule has 4 rings (SSSR count). The zero-order chi connectivity index (χ0) is 24.6. The molecule has 0 unspecified atom stereocenters. The van der Waals surface area contributed by atoms with Crippen LogP contribution in [0.15, 0.2) is 40.9 Å². The average molecular weight is 548 g/mol. The van der Waals surface area contributed by atoms with Gasteiger partial charge < -0.3 is 10.1 Å². The molecule has 1 saturated carbocycles. The molecule has 1 aliphatic carbocycles. The van der Waals surface area contributed by atoms with Crippen molar-refractivity contribution in [3.8, 4) is 0 Å². The fourth-order valence-corrected chi connectivity index (χ4v) is 5.22. The predicted octanol–water partition coefficient (Wildman–Crippen LogP) is 5.13. The summed E-state index contributed by atoms with van der Waals surface area (Å²) in [4.78, 5) is 51.9. The van der Waals surface area contributed by atoms with Crippen LogP contribution in [0.4, 0.5) is 11.4 Å². The van der Waals surface area contributed by atoms with Crippen molar-refractivity contribution >= 4 is 62.6 Å². The molecule has 178 valence electrons. The van der Waals surface area contributed by atoms with E-state index in [-0.39, 0.29) is 29.2 Å². The summed E-state index contributed by atoms with van der Waals surface area (Å²) in [5.41, 5.74) is 1.80. The molecule has 1 aliphatic heterocycles. The van der Waals surface area contributed by atoms with Crippen LogP contribution in [0.1, 0.15) is 42.1 Å². The highest BCUT2D eigenvalue weighted by Gasteiger charge is 2.50. The number of halogens is 2. The number of anilines is 2. The molecule has 0 bridgehead atoms. The summed E-state index contributed by atoms with van der Waals surface area (Å²) in [6.07, 6.45) is 2.33. The minimum atomic E-state index is -0.729. The van der Waals surface area contributed by atoms with Gasteiger partial charge in [-0.3, -0.25) is 19.3 Å². The number of hydrogen-bond donors (Lipinski definition) is 1. The first-order chi connectivity index (χ1) is 16.2. The molecule has 0 radical (unpaired) electrons. The van der Waals surface area contributed by atoms with Crippen molar-refractivity contribution in [3.63, 3.8) is 0 Å². The number of esters is 1. The number of amides is 3. The van der Waals surface area contributed by atoms with Crippen molar-refractivity contribution in [2.24, 2.45) is 17.8 Å². The molecule has 1 N–H and O–H groups in total. The van der Waals surface area contributed by atoms with Gasteiger partial charge in [0.25, 0.3) is 5.91 Å². The number of carbonyl (C=O) groups excluding carboxylic acids is 4. The fraction of sp³-hybridized carbons (Fsp3) is 0.360. The Hall–Kier alpha value is -2.71. The molecule has 0 aromatic heterocycles. The first kappa shape index (κ1) is 24.4. The van der Waals surface area contributed by atoms with Gasteiger partial charge in [-0.25, -0.2) is 4.79 Å². The summed E-state index contributed by atoms with van der Waals surface area (Å²) in [5.74, 6) is -1.86. The van der Waals surface area contributed by atoms with E-state index >= 15 is 0 Å². The SMILES string of the molecule is Cc1cc(Br)c(Cl)cc1NC(=O)COC(=O)c1cccc(N2C(=O)[C@H]3C[C@H](C)CC[C@H]3C2=O)c1. The summed E-state index contributed by atoms with van der Waals surface area (Å²) in [6.45, 7) is 3.40. The van der Waals surface area contributed by atoms with E-state index in [0.29, 0.717) is 39.6 Å². The molecule has 2 aromatic carbocycles. The maximum absolute atomic E-state index is 13.0. The molecule has 0 spiro atoms. The maximum Gasteiger partial charge on any atom is 0.338 e. The number of rotatable bonds is 5. The van der Waals surface area contributed by atoms with Crippen LogP contribution in [0, 0.1) is 24.7 Å². The molecule has 1 heterocycles. The smallest absolute Gasteiger partial charge is 0.338 e. The maximum atomic E-state index is 13.0. The monoisotopic (exact) mass is 546 g/mol. The standard InChI is InChI=1S/C25H24BrClN2O5/c1-13-6-7-17-18(8-13)24(32)29(23(17)31)16-5-3-4-15(10-16)25(33)34-12-22(30)28-21-11-20(27)19(26)9-14(21)2/h3-5,9-11,13,17-18H,6-8,12H2,1-2H3,(H,28,30)/t13-,17-,18+/m1/s1. The number of fused-ring (bicyclic) bond motifs is 1. The third-order valence-corrected chi connectivity index (χ3v) is 7.60. The van der Waals surface area contributed by atoms with Gasteiger partial charge >= 0.3 is 5.97 Å². The summed E-state index contributed by atoms with van der Waals surface area (Å²) in [7, 11) is 0. The fourth-order valence-electron chi connectivity index (χ4n) is 4.60. The van der Waals surface area contributed by atoms with Gasteiger partial charge in [-0.2, -0.15) is 0 Å². The number of carbonyl (C=O) groups is 4. The number of nitrogens with zero attached hydrogens (tertiary/aromatic N) is 1. The van der Waals surface area contributed by atoms with Crippen molar-refractivity contribution in [2.45, 2.75) is 33.1 Å². The summed E-state index contributed by atoms with van der Waals surface area (Å²) < 4.78 is 5.86. The molecule has 2 fully saturated rings. The van der Waals surface area contributed by atoms with Crippen molar-refractivity contribution in [1.82, 2.24) is 0 Å². The minimum Gasteiger partial charge on any atom is -0.452 e. The first-order valence-corrected chi connectivity index (χ1v) is 12.2. The van der Waals surface area contributed by atoms with E-state index in [2.05, 4.69) is 28.2 Å². The lowest BCUT2D eigenvalue weighted by Crippen LogP contribution is -2.31. The number of aryl methyl sites for hydroxylation is 1. The first-order valence-electron chi connectivity index (χ1n) is 11.1. The number of nitrogens with one attached hydrogen (secondary N) is 1. The van der Waals surface area contributed by atoms with Crippen LogP contribution in [-0.2, 0) is 19.1 Å². The molecule has 1 saturated heterocycles. The lowest BCUT2D eigenvalue weighted by molar-refractivity contribution is -0.122. The van der Waals surface area contributed by atoms with Crippen LogP contribution in [0.5, 0.6) is 0 Å². The lowest BCUT2D eigenvalue weighted by Gasteiger charge is -2.25. The van der Waals surface area contributed by atoms with E-state index in [9.17, 15) is 19.2 Å². The van der Waals surface area contributed by atoms with Gasteiger partial charge in [0.15, 0.2) is 6.61 Å². The number of ether oxygens (including phenoxy) is 1. The Kier molecular flexibility index (Phi) is 7.09. The van der Waals surface area contributed by atoms with Gasteiger partial charge in [0.1, 0.15) is 0 Å². The Morgan fingerprint density at radius 2 is 1.88 bits per heavy atom. The molecule has 2 aromatic rings. The van der Waals surface area contributed by atoms with Gasteiger partial charge in [0.2, 0.25) is 11.8 Å². The van der Waals surface area contributed by atoms with Crippen LogP contribution in [0.25, 0.3) is 0 Å². The van der Waals surface area contributed by atoms with E-state index < -0.39 is 18.5 Å². The molecule has 7 nitrogen and oxygen atoms in total. The van der Waals surface area contributed by atoms with Crippen LogP contribution in [-0.4, -0.2) is 30.3 Å². The molecule has 2 aliphatic rings. The van der Waals surface area contributed by atoms with Crippen molar-refractivity contribution < 1.29 is 23.9 Å².